The van der Waals surface area contributed by atoms with Gasteiger partial charge in [-0.3, -0.25) is 14.6 Å². The van der Waals surface area contributed by atoms with Gasteiger partial charge in [-0.2, -0.15) is 0 Å². The number of nitrogens with zero attached hydrogens (tertiary/aromatic N) is 3. The Hall–Kier alpha value is -2.51. The second-order valence-corrected chi connectivity index (χ2v) is 5.71. The average molecular weight is 308 g/mol. The molecule has 0 radical (unpaired) electrons. The van der Waals surface area contributed by atoms with Crippen LogP contribution in [0.15, 0.2) is 18.6 Å². The molecule has 0 saturated heterocycles. The third-order valence-electron chi connectivity index (χ3n) is 2.42. The van der Waals surface area contributed by atoms with E-state index in [1.54, 1.807) is 0 Å². The van der Waals surface area contributed by atoms with E-state index in [9.17, 15) is 14.4 Å². The maximum absolute atomic E-state index is 11.8. The van der Waals surface area contributed by atoms with Crippen molar-refractivity contribution in [3.8, 4) is 0 Å². The van der Waals surface area contributed by atoms with Crippen LogP contribution >= 0.6 is 0 Å². The molecule has 0 bridgehead atoms. The Morgan fingerprint density at radius 3 is 2.50 bits per heavy atom. The summed E-state index contributed by atoms with van der Waals surface area (Å²) in [5.41, 5.74) is -0.359. The molecule has 0 aliphatic rings. The predicted octanol–water partition coefficient (Wildman–Crippen LogP) is 0.00650. The molecule has 120 valence electrons. The minimum Gasteiger partial charge on any atom is -0.451 e. The van der Waals surface area contributed by atoms with Crippen molar-refractivity contribution in [1.82, 2.24) is 20.2 Å². The van der Waals surface area contributed by atoms with Gasteiger partial charge in [0.25, 0.3) is 5.91 Å². The molecule has 2 amide bonds. The maximum atomic E-state index is 11.8. The molecule has 1 aromatic rings. The molecule has 1 aromatic heterocycles. The van der Waals surface area contributed by atoms with Crippen LogP contribution in [0.2, 0.25) is 0 Å². The van der Waals surface area contributed by atoms with Crippen LogP contribution in [0.25, 0.3) is 0 Å². The summed E-state index contributed by atoms with van der Waals surface area (Å²) in [5, 5.41) is 2.74. The highest BCUT2D eigenvalue weighted by Gasteiger charge is 2.19. The number of ether oxygens (including phenoxy) is 1. The molecule has 22 heavy (non-hydrogen) atoms. The largest absolute Gasteiger partial charge is 0.451 e. The summed E-state index contributed by atoms with van der Waals surface area (Å²) in [7, 11) is 1.46. The third kappa shape index (κ3) is 6.29. The summed E-state index contributed by atoms with van der Waals surface area (Å²) in [6.07, 6.45) is 4.01. The van der Waals surface area contributed by atoms with Crippen molar-refractivity contribution in [2.45, 2.75) is 26.3 Å². The van der Waals surface area contributed by atoms with Crippen LogP contribution in [0.1, 0.15) is 31.3 Å². The van der Waals surface area contributed by atoms with Gasteiger partial charge in [-0.25, -0.2) is 9.78 Å². The van der Waals surface area contributed by atoms with Crippen LogP contribution in [0, 0.1) is 0 Å². The fourth-order valence-corrected chi connectivity index (χ4v) is 1.48. The molecule has 8 nitrogen and oxygen atoms in total. The molecule has 1 N–H and O–H groups in total. The van der Waals surface area contributed by atoms with E-state index >= 15 is 0 Å². The van der Waals surface area contributed by atoms with Gasteiger partial charge in [0.15, 0.2) is 12.3 Å². The lowest BCUT2D eigenvalue weighted by molar-refractivity contribution is -0.137. The van der Waals surface area contributed by atoms with Crippen molar-refractivity contribution in [1.29, 1.82) is 0 Å². The van der Waals surface area contributed by atoms with E-state index in [1.165, 1.54) is 30.5 Å². The first-order valence-electron chi connectivity index (χ1n) is 6.67. The summed E-state index contributed by atoms with van der Waals surface area (Å²) < 4.78 is 4.83. The number of hydrogen-bond acceptors (Lipinski definition) is 6. The molecule has 1 heterocycles. The molecule has 0 aromatic carbocycles. The third-order valence-corrected chi connectivity index (χ3v) is 2.42. The smallest absolute Gasteiger partial charge is 0.359 e. The van der Waals surface area contributed by atoms with Crippen LogP contribution in [-0.4, -0.2) is 58.4 Å². The number of likely N-dealkylation sites (N-methyl/N-ethyl adjacent to an activating group) is 1. The van der Waals surface area contributed by atoms with E-state index < -0.39 is 18.5 Å². The van der Waals surface area contributed by atoms with E-state index in [-0.39, 0.29) is 23.7 Å². The number of carbonyl (C=O) groups excluding carboxylic acids is 3. The second-order valence-electron chi connectivity index (χ2n) is 5.71. The van der Waals surface area contributed by atoms with Crippen LogP contribution in [-0.2, 0) is 14.3 Å². The van der Waals surface area contributed by atoms with Gasteiger partial charge in [0, 0.05) is 25.0 Å². The second kappa shape index (κ2) is 7.48. The van der Waals surface area contributed by atoms with Gasteiger partial charge in [-0.05, 0) is 20.8 Å². The SMILES string of the molecule is CN(CC(=O)NC(C)(C)C)C(=O)COC(=O)c1cnccn1. The van der Waals surface area contributed by atoms with Crippen molar-refractivity contribution in [2.75, 3.05) is 20.2 Å². The average Bonchev–Trinajstić information content (AvgIpc) is 2.43. The van der Waals surface area contributed by atoms with Gasteiger partial charge in [0.05, 0.1) is 12.7 Å². The normalized spacial score (nSPS) is 10.7. The highest BCUT2D eigenvalue weighted by Crippen LogP contribution is 1.99. The van der Waals surface area contributed by atoms with Gasteiger partial charge in [-0.15, -0.1) is 0 Å². The summed E-state index contributed by atoms with van der Waals surface area (Å²) in [6.45, 7) is 4.95. The Balaban J connectivity index is 2.42. The van der Waals surface area contributed by atoms with E-state index in [0.29, 0.717) is 0 Å². The minimum atomic E-state index is -0.742. The first-order valence-corrected chi connectivity index (χ1v) is 6.67. The van der Waals surface area contributed by atoms with Crippen molar-refractivity contribution >= 4 is 17.8 Å². The lowest BCUT2D eigenvalue weighted by Gasteiger charge is -2.23. The Bertz CT molecular complexity index is 540. The zero-order chi connectivity index (χ0) is 16.8. The molecular formula is C14H20N4O4. The molecule has 0 aliphatic carbocycles. The highest BCUT2D eigenvalue weighted by atomic mass is 16.5. The van der Waals surface area contributed by atoms with Crippen LogP contribution in [0.4, 0.5) is 0 Å². The first kappa shape index (κ1) is 17.5. The molecule has 0 saturated carbocycles. The van der Waals surface area contributed by atoms with Gasteiger partial charge in [0.1, 0.15) is 0 Å². The minimum absolute atomic E-state index is 0.0171. The van der Waals surface area contributed by atoms with Crippen molar-refractivity contribution < 1.29 is 19.1 Å². The fourth-order valence-electron chi connectivity index (χ4n) is 1.48. The van der Waals surface area contributed by atoms with Crippen LogP contribution < -0.4 is 5.32 Å². The number of nitrogens with one attached hydrogen (secondary N) is 1. The van der Waals surface area contributed by atoms with E-state index in [1.807, 2.05) is 20.8 Å². The zero-order valence-electron chi connectivity index (χ0n) is 13.1. The van der Waals surface area contributed by atoms with E-state index in [0.717, 1.165) is 0 Å². The van der Waals surface area contributed by atoms with Gasteiger partial charge in [-0.1, -0.05) is 0 Å². The Labute approximate surface area is 128 Å². The Morgan fingerprint density at radius 2 is 1.95 bits per heavy atom. The molecule has 0 atom stereocenters. The number of carbonyl (C=O) groups is 3. The molecule has 8 heteroatoms. The highest BCUT2D eigenvalue weighted by molar-refractivity contribution is 5.90. The lowest BCUT2D eigenvalue weighted by Crippen LogP contribution is -2.46. The van der Waals surface area contributed by atoms with Gasteiger partial charge >= 0.3 is 5.97 Å². The molecule has 0 aliphatic heterocycles. The summed E-state index contributed by atoms with van der Waals surface area (Å²) >= 11 is 0. The van der Waals surface area contributed by atoms with Gasteiger partial charge in [0.2, 0.25) is 5.91 Å². The standard InChI is InChI=1S/C14H20N4O4/c1-14(2,3)17-11(19)8-18(4)12(20)9-22-13(21)10-7-15-5-6-16-10/h5-7H,8-9H2,1-4H3,(H,17,19). The summed E-state index contributed by atoms with van der Waals surface area (Å²) in [5.74, 6) is -1.51. The molecule has 0 unspecified atom stereocenters. The molecule has 0 fully saturated rings. The summed E-state index contributed by atoms with van der Waals surface area (Å²) in [4.78, 5) is 43.8. The molecular weight excluding hydrogens is 288 g/mol. The molecule has 0 spiro atoms. The number of esters is 1. The first-order chi connectivity index (χ1) is 10.2. The quantitative estimate of drug-likeness (QED) is 0.769. The topological polar surface area (TPSA) is 101 Å². The number of amides is 2. The Kier molecular flexibility index (Phi) is 5.97. The number of aromatic nitrogens is 2. The van der Waals surface area contributed by atoms with E-state index in [4.69, 9.17) is 4.74 Å². The molecule has 1 rings (SSSR count). The monoisotopic (exact) mass is 308 g/mol. The van der Waals surface area contributed by atoms with Crippen molar-refractivity contribution in [3.05, 3.63) is 24.3 Å². The summed E-state index contributed by atoms with van der Waals surface area (Å²) in [6, 6.07) is 0. The number of hydrogen-bond donors (Lipinski definition) is 1. The zero-order valence-corrected chi connectivity index (χ0v) is 13.1. The lowest BCUT2D eigenvalue weighted by atomic mass is 10.1. The van der Waals surface area contributed by atoms with Crippen LogP contribution in [0.5, 0.6) is 0 Å². The van der Waals surface area contributed by atoms with Gasteiger partial charge < -0.3 is 15.0 Å². The van der Waals surface area contributed by atoms with Crippen LogP contribution in [0.3, 0.4) is 0 Å². The van der Waals surface area contributed by atoms with E-state index in [2.05, 4.69) is 15.3 Å². The number of rotatable bonds is 5. The predicted molar refractivity (Wildman–Crippen MR) is 77.8 cm³/mol. The fraction of sp³-hybridized carbons (Fsp3) is 0.500. The maximum Gasteiger partial charge on any atom is 0.359 e. The Morgan fingerprint density at radius 1 is 1.27 bits per heavy atom. The van der Waals surface area contributed by atoms with Crippen molar-refractivity contribution in [2.24, 2.45) is 0 Å². The van der Waals surface area contributed by atoms with Crippen molar-refractivity contribution in [3.63, 3.8) is 0 Å².